The Bertz CT molecular complexity index is 1650. The topological polar surface area (TPSA) is 156 Å². The number of aromatic hydroxyl groups is 4. The van der Waals surface area contributed by atoms with Crippen LogP contribution >= 0.6 is 0 Å². The van der Waals surface area contributed by atoms with E-state index in [4.69, 9.17) is 18.6 Å². The smallest absolute Gasteiger partial charge is 0.312 e. The number of phenolic OH excluding ortho intramolecular Hbond substituents is 3. The maximum Gasteiger partial charge on any atom is 0.312 e. The molecule has 0 saturated heterocycles. The number of methoxy groups -OCH3 is 1. The molecular formula is C29H26O10. The van der Waals surface area contributed by atoms with E-state index in [0.29, 0.717) is 23.7 Å². The number of phenols is 3. The van der Waals surface area contributed by atoms with E-state index in [0.717, 1.165) is 25.0 Å². The fourth-order valence-corrected chi connectivity index (χ4v) is 4.75. The Balaban J connectivity index is 1.81. The van der Waals surface area contributed by atoms with E-state index in [2.05, 4.69) is 0 Å². The van der Waals surface area contributed by atoms with Crippen molar-refractivity contribution in [2.24, 2.45) is 0 Å². The Hall–Kier alpha value is -4.86. The summed E-state index contributed by atoms with van der Waals surface area (Å²) in [6.07, 6.45) is 1.55. The number of para-hydroxylation sites is 1. The van der Waals surface area contributed by atoms with E-state index >= 15 is 0 Å². The van der Waals surface area contributed by atoms with Crippen LogP contribution in [0.1, 0.15) is 43.2 Å². The number of ether oxygens (including phenoxy) is 3. The number of carbonyl (C=O) groups excluding carboxylic acids is 1. The summed E-state index contributed by atoms with van der Waals surface area (Å²) in [7, 11) is 1.50. The molecule has 4 N–H and O–H groups in total. The molecule has 0 aliphatic carbocycles. The SMILES string of the molecule is CCCCOc1c(OC)cccc1C1CC(=O)Oc2cc(O)c3c(=O)c(O)c(-c4ccc(O)c(O)c4)oc3c21. The first kappa shape index (κ1) is 25.8. The average Bonchev–Trinajstić information content (AvgIpc) is 2.91. The van der Waals surface area contributed by atoms with E-state index in [9.17, 15) is 30.0 Å². The molecule has 0 bridgehead atoms. The zero-order valence-corrected chi connectivity index (χ0v) is 21.2. The van der Waals surface area contributed by atoms with Gasteiger partial charge in [-0.05, 0) is 30.7 Å². The number of benzene rings is 3. The van der Waals surface area contributed by atoms with Crippen LogP contribution < -0.4 is 19.6 Å². The second-order valence-corrected chi connectivity index (χ2v) is 9.14. The number of carbonyl (C=O) groups is 1. The van der Waals surface area contributed by atoms with Crippen LogP contribution in [0.25, 0.3) is 22.3 Å². The molecule has 4 aromatic rings. The first-order valence-electron chi connectivity index (χ1n) is 12.3. The van der Waals surface area contributed by atoms with Gasteiger partial charge in [0.15, 0.2) is 28.8 Å². The lowest BCUT2D eigenvalue weighted by Gasteiger charge is -2.28. The van der Waals surface area contributed by atoms with Crippen LogP contribution in [0.15, 0.2) is 51.7 Å². The Kier molecular flexibility index (Phi) is 6.69. The molecule has 1 aromatic heterocycles. The van der Waals surface area contributed by atoms with Gasteiger partial charge in [0.2, 0.25) is 11.2 Å². The lowest BCUT2D eigenvalue weighted by Crippen LogP contribution is -2.22. The standard InChI is InChI=1S/C29H26O10/c1-3-4-10-37-28-15(6-5-7-20(28)36-2)16-12-22(33)38-21-13-19(32)24-25(34)26(35)27(39-29(24)23(16)21)14-8-9-17(30)18(31)11-14/h5-9,11,13,16,30-32,35H,3-4,10,12H2,1-2H3. The van der Waals surface area contributed by atoms with Gasteiger partial charge in [-0.2, -0.15) is 0 Å². The largest absolute Gasteiger partial charge is 0.507 e. The van der Waals surface area contributed by atoms with Crippen molar-refractivity contribution in [2.45, 2.75) is 32.1 Å². The van der Waals surface area contributed by atoms with Crippen molar-refractivity contribution in [2.75, 3.05) is 13.7 Å². The van der Waals surface area contributed by atoms with Crippen LogP contribution in [-0.4, -0.2) is 40.1 Å². The molecule has 1 atom stereocenters. The molecule has 0 spiro atoms. The molecule has 0 saturated carbocycles. The molecule has 10 heteroatoms. The highest BCUT2D eigenvalue weighted by Crippen LogP contribution is 2.50. The predicted molar refractivity (Wildman–Crippen MR) is 140 cm³/mol. The summed E-state index contributed by atoms with van der Waals surface area (Å²) in [5, 5.41) is 40.8. The summed E-state index contributed by atoms with van der Waals surface area (Å²) in [4.78, 5) is 26.0. The van der Waals surface area contributed by atoms with Crippen molar-refractivity contribution in [3.63, 3.8) is 0 Å². The van der Waals surface area contributed by atoms with Crippen molar-refractivity contribution in [1.29, 1.82) is 0 Å². The van der Waals surface area contributed by atoms with Crippen molar-refractivity contribution in [1.82, 2.24) is 0 Å². The molecule has 1 unspecified atom stereocenters. The highest BCUT2D eigenvalue weighted by molar-refractivity contribution is 5.94. The number of hydrogen-bond acceptors (Lipinski definition) is 10. The van der Waals surface area contributed by atoms with Gasteiger partial charge in [0, 0.05) is 28.7 Å². The Morgan fingerprint density at radius 3 is 2.51 bits per heavy atom. The van der Waals surface area contributed by atoms with E-state index in [1.54, 1.807) is 18.2 Å². The maximum atomic E-state index is 13.3. The molecule has 0 radical (unpaired) electrons. The molecule has 2 heterocycles. The molecule has 0 amide bonds. The van der Waals surface area contributed by atoms with Gasteiger partial charge in [0.25, 0.3) is 0 Å². The maximum absolute atomic E-state index is 13.3. The van der Waals surface area contributed by atoms with Crippen LogP contribution in [0.5, 0.6) is 40.2 Å². The third-order valence-electron chi connectivity index (χ3n) is 6.65. The molecule has 3 aromatic carbocycles. The summed E-state index contributed by atoms with van der Waals surface area (Å²) in [6.45, 7) is 2.43. The van der Waals surface area contributed by atoms with Gasteiger partial charge < -0.3 is 39.1 Å². The predicted octanol–water partition coefficient (Wildman–Crippen LogP) is 4.91. The van der Waals surface area contributed by atoms with Crippen LogP contribution in [-0.2, 0) is 4.79 Å². The number of rotatable bonds is 7. The second kappa shape index (κ2) is 10.1. The molecule has 39 heavy (non-hydrogen) atoms. The molecule has 1 aliphatic rings. The molecule has 10 nitrogen and oxygen atoms in total. The third-order valence-corrected chi connectivity index (χ3v) is 6.65. The van der Waals surface area contributed by atoms with Crippen LogP contribution in [0.3, 0.4) is 0 Å². The number of unbranched alkanes of at least 4 members (excludes halogenated alkanes) is 1. The van der Waals surface area contributed by atoms with Crippen LogP contribution in [0.4, 0.5) is 0 Å². The van der Waals surface area contributed by atoms with E-state index in [1.807, 2.05) is 6.92 Å². The minimum Gasteiger partial charge on any atom is -0.507 e. The first-order valence-corrected chi connectivity index (χ1v) is 12.3. The van der Waals surface area contributed by atoms with E-state index in [1.165, 1.54) is 19.2 Å². The lowest BCUT2D eigenvalue weighted by atomic mass is 9.84. The fourth-order valence-electron chi connectivity index (χ4n) is 4.75. The fraction of sp³-hybridized carbons (Fsp3) is 0.241. The second-order valence-electron chi connectivity index (χ2n) is 9.14. The summed E-state index contributed by atoms with van der Waals surface area (Å²) in [5.41, 5.74) is -0.0875. The van der Waals surface area contributed by atoms with Crippen molar-refractivity contribution >= 4 is 16.9 Å². The zero-order valence-electron chi connectivity index (χ0n) is 21.2. The normalized spacial score (nSPS) is 14.6. The van der Waals surface area contributed by atoms with Crippen LogP contribution in [0, 0.1) is 0 Å². The minimum absolute atomic E-state index is 0.0167. The van der Waals surface area contributed by atoms with E-state index < -0.39 is 40.3 Å². The average molecular weight is 535 g/mol. The Morgan fingerprint density at radius 2 is 1.79 bits per heavy atom. The monoisotopic (exact) mass is 534 g/mol. The third kappa shape index (κ3) is 4.43. The van der Waals surface area contributed by atoms with Gasteiger partial charge in [-0.15, -0.1) is 0 Å². The van der Waals surface area contributed by atoms with Crippen molar-refractivity contribution in [3.8, 4) is 51.6 Å². The Morgan fingerprint density at radius 1 is 1.00 bits per heavy atom. The molecule has 202 valence electrons. The quantitative estimate of drug-likeness (QED) is 0.111. The van der Waals surface area contributed by atoms with Gasteiger partial charge in [-0.25, -0.2) is 0 Å². The summed E-state index contributed by atoms with van der Waals surface area (Å²) in [6, 6.07) is 10.0. The summed E-state index contributed by atoms with van der Waals surface area (Å²) < 4.78 is 23.1. The molecule has 0 fully saturated rings. The minimum atomic E-state index is -0.931. The lowest BCUT2D eigenvalue weighted by molar-refractivity contribution is -0.135. The summed E-state index contributed by atoms with van der Waals surface area (Å²) >= 11 is 0. The molecule has 5 rings (SSSR count). The van der Waals surface area contributed by atoms with E-state index in [-0.39, 0.29) is 40.0 Å². The van der Waals surface area contributed by atoms with Gasteiger partial charge >= 0.3 is 5.97 Å². The van der Waals surface area contributed by atoms with Gasteiger partial charge in [-0.1, -0.05) is 25.5 Å². The zero-order chi connectivity index (χ0) is 27.8. The number of hydrogen-bond donors (Lipinski definition) is 4. The summed E-state index contributed by atoms with van der Waals surface area (Å²) in [5.74, 6) is -3.02. The highest BCUT2D eigenvalue weighted by Gasteiger charge is 2.36. The van der Waals surface area contributed by atoms with Crippen LogP contribution in [0.2, 0.25) is 0 Å². The van der Waals surface area contributed by atoms with Gasteiger partial charge in [0.1, 0.15) is 22.5 Å². The van der Waals surface area contributed by atoms with Crippen molar-refractivity contribution in [3.05, 3.63) is 63.8 Å². The highest BCUT2D eigenvalue weighted by atomic mass is 16.5. The number of esters is 1. The Labute approximate surface area is 222 Å². The number of fused-ring (bicyclic) bond motifs is 3. The molecular weight excluding hydrogens is 508 g/mol. The molecule has 1 aliphatic heterocycles. The van der Waals surface area contributed by atoms with Crippen molar-refractivity contribution < 1.29 is 43.8 Å². The van der Waals surface area contributed by atoms with Gasteiger partial charge in [0.05, 0.1) is 20.1 Å². The first-order chi connectivity index (χ1) is 18.7. The van der Waals surface area contributed by atoms with Gasteiger partial charge in [-0.3, -0.25) is 9.59 Å².